The van der Waals surface area contributed by atoms with Crippen LogP contribution in [-0.2, 0) is 7.05 Å². The summed E-state index contributed by atoms with van der Waals surface area (Å²) in [6.07, 6.45) is 0. The topological polar surface area (TPSA) is 49.0 Å². The normalized spacial score (nSPS) is 10.2. The second-order valence-electron chi connectivity index (χ2n) is 3.55. The van der Waals surface area contributed by atoms with Crippen molar-refractivity contribution in [1.29, 1.82) is 5.26 Å². The number of phenolic OH excluding ortho intramolecular Hbond substituents is 1. The molecule has 3 nitrogen and oxygen atoms in total. The maximum Gasteiger partial charge on any atom is 0.135 e. The van der Waals surface area contributed by atoms with Crippen molar-refractivity contribution in [3.05, 3.63) is 38.7 Å². The van der Waals surface area contributed by atoms with Gasteiger partial charge >= 0.3 is 0 Å². The molecule has 0 aliphatic heterocycles. The highest BCUT2D eigenvalue weighted by Crippen LogP contribution is 2.36. The van der Waals surface area contributed by atoms with E-state index in [0.717, 1.165) is 14.7 Å². The summed E-state index contributed by atoms with van der Waals surface area (Å²) in [7, 11) is 1.76. The van der Waals surface area contributed by atoms with Gasteiger partial charge in [-0.2, -0.15) is 5.26 Å². The van der Waals surface area contributed by atoms with Crippen molar-refractivity contribution in [1.82, 2.24) is 4.57 Å². The smallest absolute Gasteiger partial charge is 0.135 e. The Morgan fingerprint density at radius 1 is 1.35 bits per heavy atom. The van der Waals surface area contributed by atoms with Crippen LogP contribution in [0.3, 0.4) is 0 Å². The molecule has 1 heterocycles. The summed E-state index contributed by atoms with van der Waals surface area (Å²) in [5.74, 6) is 0.205. The quantitative estimate of drug-likeness (QED) is 0.793. The lowest BCUT2D eigenvalue weighted by molar-refractivity contribution is 0.475. The number of hydrogen-bond acceptors (Lipinski definition) is 2. The Bertz CT molecular complexity index is 611. The van der Waals surface area contributed by atoms with E-state index >= 15 is 0 Å². The van der Waals surface area contributed by atoms with Crippen molar-refractivity contribution in [3.63, 3.8) is 0 Å². The number of aromatic nitrogens is 1. The molecule has 2 aromatic rings. The van der Waals surface area contributed by atoms with E-state index in [0.29, 0.717) is 10.8 Å². The summed E-state index contributed by atoms with van der Waals surface area (Å²) >= 11 is 8.33. The van der Waals surface area contributed by atoms with Crippen LogP contribution in [0.5, 0.6) is 5.75 Å². The van der Waals surface area contributed by atoms with Crippen molar-refractivity contribution in [2.75, 3.05) is 0 Å². The standard InChI is InChI=1S/C12H8ClIN2O/c1-16-9(6-15)11(14)10(12(16)13)7-2-4-8(17)5-3-7/h2-5,17H,1H3. The molecule has 2 rings (SSSR count). The number of benzene rings is 1. The minimum Gasteiger partial charge on any atom is -0.508 e. The molecule has 0 fully saturated rings. The summed E-state index contributed by atoms with van der Waals surface area (Å²) in [5, 5.41) is 18.8. The molecule has 0 bridgehead atoms. The number of rotatable bonds is 1. The summed E-state index contributed by atoms with van der Waals surface area (Å²) in [4.78, 5) is 0. The van der Waals surface area contributed by atoms with Crippen LogP contribution in [0.15, 0.2) is 24.3 Å². The molecule has 0 atom stereocenters. The van der Waals surface area contributed by atoms with Crippen LogP contribution in [0.1, 0.15) is 5.69 Å². The van der Waals surface area contributed by atoms with Crippen LogP contribution < -0.4 is 0 Å². The number of halogens is 2. The van der Waals surface area contributed by atoms with Crippen LogP contribution >= 0.6 is 34.2 Å². The summed E-state index contributed by atoms with van der Waals surface area (Å²) in [6.45, 7) is 0. The Hall–Kier alpha value is -1.19. The molecule has 0 aliphatic rings. The van der Waals surface area contributed by atoms with Gasteiger partial charge in [-0.15, -0.1) is 0 Å². The second-order valence-corrected chi connectivity index (χ2v) is 4.98. The molecule has 0 saturated carbocycles. The van der Waals surface area contributed by atoms with Crippen molar-refractivity contribution in [3.8, 4) is 22.9 Å². The lowest BCUT2D eigenvalue weighted by Crippen LogP contribution is -1.91. The van der Waals surface area contributed by atoms with Crippen LogP contribution in [0.2, 0.25) is 5.15 Å². The minimum absolute atomic E-state index is 0.205. The van der Waals surface area contributed by atoms with E-state index in [9.17, 15) is 5.11 Å². The van der Waals surface area contributed by atoms with Gasteiger partial charge in [0.05, 0.1) is 3.57 Å². The molecule has 5 heteroatoms. The van der Waals surface area contributed by atoms with Gasteiger partial charge in [0.25, 0.3) is 0 Å². The molecule has 1 aromatic heterocycles. The lowest BCUT2D eigenvalue weighted by Gasteiger charge is -2.01. The monoisotopic (exact) mass is 358 g/mol. The summed E-state index contributed by atoms with van der Waals surface area (Å²) in [5.41, 5.74) is 2.25. The Kier molecular flexibility index (Phi) is 3.31. The lowest BCUT2D eigenvalue weighted by atomic mass is 10.1. The molecule has 17 heavy (non-hydrogen) atoms. The average Bonchev–Trinajstić information content (AvgIpc) is 2.52. The highest BCUT2D eigenvalue weighted by atomic mass is 127. The van der Waals surface area contributed by atoms with Gasteiger partial charge in [-0.1, -0.05) is 23.7 Å². The summed E-state index contributed by atoms with van der Waals surface area (Å²) < 4.78 is 2.48. The van der Waals surface area contributed by atoms with Crippen molar-refractivity contribution < 1.29 is 5.11 Å². The van der Waals surface area contributed by atoms with Gasteiger partial charge in [0.1, 0.15) is 22.7 Å². The molecule has 1 aromatic carbocycles. The Morgan fingerprint density at radius 3 is 2.41 bits per heavy atom. The minimum atomic E-state index is 0.205. The van der Waals surface area contributed by atoms with E-state index in [1.165, 1.54) is 0 Å². The predicted molar refractivity (Wildman–Crippen MR) is 75.0 cm³/mol. The Morgan fingerprint density at radius 2 is 1.94 bits per heavy atom. The number of nitrogens with zero attached hydrogens (tertiary/aromatic N) is 2. The molecule has 1 N–H and O–H groups in total. The van der Waals surface area contributed by atoms with Crippen LogP contribution in [-0.4, -0.2) is 9.67 Å². The maximum atomic E-state index is 9.26. The molecule has 0 spiro atoms. The first-order valence-corrected chi connectivity index (χ1v) is 6.25. The predicted octanol–water partition coefficient (Wildman–Crippen LogP) is 3.53. The van der Waals surface area contributed by atoms with Gasteiger partial charge in [0.15, 0.2) is 0 Å². The van der Waals surface area contributed by atoms with Crippen LogP contribution in [0.4, 0.5) is 0 Å². The first kappa shape index (κ1) is 12.3. The first-order valence-electron chi connectivity index (χ1n) is 4.79. The van der Waals surface area contributed by atoms with Crippen LogP contribution in [0.25, 0.3) is 11.1 Å². The number of phenols is 1. The SMILES string of the molecule is Cn1c(Cl)c(-c2ccc(O)cc2)c(I)c1C#N. The zero-order chi connectivity index (χ0) is 12.6. The van der Waals surface area contributed by atoms with E-state index in [1.54, 1.807) is 35.9 Å². The van der Waals surface area contributed by atoms with Gasteiger partial charge < -0.3 is 9.67 Å². The molecule has 0 aliphatic carbocycles. The Labute approximate surface area is 117 Å². The fraction of sp³-hybridized carbons (Fsp3) is 0.0833. The van der Waals surface area contributed by atoms with E-state index in [4.69, 9.17) is 16.9 Å². The fourth-order valence-electron chi connectivity index (χ4n) is 1.62. The second kappa shape index (κ2) is 4.59. The summed E-state index contributed by atoms with van der Waals surface area (Å²) in [6, 6.07) is 8.88. The third-order valence-electron chi connectivity index (χ3n) is 2.53. The molecule has 0 unspecified atom stereocenters. The van der Waals surface area contributed by atoms with E-state index in [1.807, 2.05) is 0 Å². The zero-order valence-electron chi connectivity index (χ0n) is 8.91. The Balaban J connectivity index is 2.69. The highest BCUT2D eigenvalue weighted by molar-refractivity contribution is 14.1. The molecular formula is C12H8ClIN2O. The zero-order valence-corrected chi connectivity index (χ0v) is 11.8. The number of nitriles is 1. The third-order valence-corrected chi connectivity index (χ3v) is 4.02. The number of aromatic hydroxyl groups is 1. The molecule has 0 radical (unpaired) electrons. The largest absolute Gasteiger partial charge is 0.508 e. The van der Waals surface area contributed by atoms with Crippen molar-refractivity contribution in [2.45, 2.75) is 0 Å². The molecule has 0 amide bonds. The van der Waals surface area contributed by atoms with Gasteiger partial charge in [0, 0.05) is 12.6 Å². The van der Waals surface area contributed by atoms with E-state index in [-0.39, 0.29) is 5.75 Å². The number of hydrogen-bond donors (Lipinski definition) is 1. The van der Waals surface area contributed by atoms with Gasteiger partial charge in [-0.05, 0) is 40.3 Å². The van der Waals surface area contributed by atoms with E-state index < -0.39 is 0 Å². The molecule has 0 saturated heterocycles. The highest BCUT2D eigenvalue weighted by Gasteiger charge is 2.18. The maximum absolute atomic E-state index is 9.26. The average molecular weight is 359 g/mol. The third kappa shape index (κ3) is 2.01. The fourth-order valence-corrected chi connectivity index (χ4v) is 3.12. The van der Waals surface area contributed by atoms with E-state index in [2.05, 4.69) is 28.7 Å². The van der Waals surface area contributed by atoms with Gasteiger partial charge in [0.2, 0.25) is 0 Å². The van der Waals surface area contributed by atoms with Gasteiger partial charge in [-0.3, -0.25) is 0 Å². The molecule has 86 valence electrons. The van der Waals surface area contributed by atoms with Crippen LogP contribution in [0, 0.1) is 14.9 Å². The van der Waals surface area contributed by atoms with Crippen molar-refractivity contribution >= 4 is 34.2 Å². The first-order chi connectivity index (χ1) is 8.06. The van der Waals surface area contributed by atoms with Gasteiger partial charge in [-0.25, -0.2) is 0 Å². The molecular weight excluding hydrogens is 351 g/mol. The van der Waals surface area contributed by atoms with Crippen molar-refractivity contribution in [2.24, 2.45) is 7.05 Å².